The number of aromatic amines is 1. The zero-order valence-corrected chi connectivity index (χ0v) is 9.27. The molecule has 0 aromatic carbocycles. The Hall–Kier alpha value is -1.40. The van der Waals surface area contributed by atoms with Crippen LogP contribution in [0.3, 0.4) is 0 Å². The van der Waals surface area contributed by atoms with Gasteiger partial charge >= 0.3 is 0 Å². The van der Waals surface area contributed by atoms with E-state index in [0.717, 1.165) is 12.1 Å². The molecule has 0 bridgehead atoms. The number of hydrogen-bond acceptors (Lipinski definition) is 4. The van der Waals surface area contributed by atoms with Gasteiger partial charge in [0.1, 0.15) is 6.10 Å². The van der Waals surface area contributed by atoms with Gasteiger partial charge in [0.25, 0.3) is 5.91 Å². The monoisotopic (exact) mass is 224 g/mol. The molecule has 6 heteroatoms. The van der Waals surface area contributed by atoms with E-state index in [0.29, 0.717) is 19.7 Å². The van der Waals surface area contributed by atoms with Crippen LogP contribution in [0.2, 0.25) is 0 Å². The molecule has 88 valence electrons. The van der Waals surface area contributed by atoms with Crippen molar-refractivity contribution in [2.24, 2.45) is 0 Å². The second-order valence-corrected chi connectivity index (χ2v) is 3.86. The lowest BCUT2D eigenvalue weighted by atomic mass is 10.2. The number of amides is 1. The number of nitrogens with one attached hydrogen (secondary N) is 2. The van der Waals surface area contributed by atoms with Gasteiger partial charge in [-0.25, -0.2) is 0 Å². The molecule has 2 N–H and O–H groups in total. The fourth-order valence-electron chi connectivity index (χ4n) is 1.69. The highest BCUT2D eigenvalue weighted by Gasteiger charge is 2.24. The van der Waals surface area contributed by atoms with Crippen molar-refractivity contribution in [2.75, 3.05) is 26.7 Å². The van der Waals surface area contributed by atoms with Crippen LogP contribution in [-0.4, -0.2) is 53.9 Å². The van der Waals surface area contributed by atoms with Crippen molar-refractivity contribution >= 4 is 5.91 Å². The number of hydrogen-bond donors (Lipinski definition) is 2. The Morgan fingerprint density at radius 1 is 1.75 bits per heavy atom. The summed E-state index contributed by atoms with van der Waals surface area (Å²) >= 11 is 0. The van der Waals surface area contributed by atoms with Gasteiger partial charge in [0.05, 0.1) is 12.8 Å². The minimum atomic E-state index is -0.356. The van der Waals surface area contributed by atoms with E-state index in [1.54, 1.807) is 24.3 Å². The van der Waals surface area contributed by atoms with Gasteiger partial charge in [-0.05, 0) is 0 Å². The minimum Gasteiger partial charge on any atom is -0.366 e. The predicted octanol–water partition coefficient (Wildman–Crippen LogP) is -0.643. The van der Waals surface area contributed by atoms with Crippen LogP contribution in [0.1, 0.15) is 5.56 Å². The van der Waals surface area contributed by atoms with E-state index in [1.165, 1.54) is 0 Å². The summed E-state index contributed by atoms with van der Waals surface area (Å²) < 4.78 is 5.40. The van der Waals surface area contributed by atoms with E-state index in [2.05, 4.69) is 15.5 Å². The van der Waals surface area contributed by atoms with Gasteiger partial charge in [-0.2, -0.15) is 5.10 Å². The number of nitrogens with zero attached hydrogens (tertiary/aromatic N) is 2. The molecule has 1 aliphatic heterocycles. The normalized spacial score (nSPS) is 20.7. The second kappa shape index (κ2) is 5.09. The zero-order valence-electron chi connectivity index (χ0n) is 9.27. The maximum absolute atomic E-state index is 12.0. The lowest BCUT2D eigenvalue weighted by Crippen LogP contribution is -2.48. The highest BCUT2D eigenvalue weighted by Crippen LogP contribution is 2.05. The van der Waals surface area contributed by atoms with E-state index >= 15 is 0 Å². The number of morpholine rings is 1. The van der Waals surface area contributed by atoms with Crippen molar-refractivity contribution in [1.82, 2.24) is 20.4 Å². The van der Waals surface area contributed by atoms with Crippen LogP contribution in [0.4, 0.5) is 0 Å². The van der Waals surface area contributed by atoms with E-state index in [9.17, 15) is 4.79 Å². The fraction of sp³-hybridized carbons (Fsp3) is 0.600. The molecule has 1 saturated heterocycles. The molecule has 0 radical (unpaired) electrons. The SMILES string of the molecule is CN(Cc1cn[nH]c1)C(=O)C1CNCCO1. The van der Waals surface area contributed by atoms with E-state index in [4.69, 9.17) is 4.74 Å². The van der Waals surface area contributed by atoms with Crippen molar-refractivity contribution in [3.8, 4) is 0 Å². The Morgan fingerprint density at radius 3 is 3.25 bits per heavy atom. The average molecular weight is 224 g/mol. The maximum Gasteiger partial charge on any atom is 0.253 e. The first-order valence-electron chi connectivity index (χ1n) is 5.32. The van der Waals surface area contributed by atoms with Crippen molar-refractivity contribution in [2.45, 2.75) is 12.6 Å². The van der Waals surface area contributed by atoms with Gasteiger partial charge in [-0.3, -0.25) is 9.89 Å². The van der Waals surface area contributed by atoms with Gasteiger partial charge in [0.2, 0.25) is 0 Å². The van der Waals surface area contributed by atoms with Crippen LogP contribution in [0, 0.1) is 0 Å². The summed E-state index contributed by atoms with van der Waals surface area (Å²) in [5.74, 6) is 0.00778. The number of rotatable bonds is 3. The molecule has 0 aliphatic carbocycles. The molecule has 1 amide bonds. The number of likely N-dealkylation sites (N-methyl/N-ethyl adjacent to an activating group) is 1. The molecule has 16 heavy (non-hydrogen) atoms. The highest BCUT2D eigenvalue weighted by atomic mass is 16.5. The van der Waals surface area contributed by atoms with Gasteiger partial charge in [0.15, 0.2) is 0 Å². The van der Waals surface area contributed by atoms with E-state index in [1.807, 2.05) is 0 Å². The third-order valence-corrected chi connectivity index (χ3v) is 2.55. The lowest BCUT2D eigenvalue weighted by Gasteiger charge is -2.27. The zero-order chi connectivity index (χ0) is 11.4. The Morgan fingerprint density at radius 2 is 2.62 bits per heavy atom. The first kappa shape index (κ1) is 11.1. The van der Waals surface area contributed by atoms with Crippen LogP contribution in [0.15, 0.2) is 12.4 Å². The molecular formula is C10H16N4O2. The third kappa shape index (κ3) is 2.59. The number of aromatic nitrogens is 2. The summed E-state index contributed by atoms with van der Waals surface area (Å²) in [7, 11) is 1.77. The Bertz CT molecular complexity index is 333. The molecule has 1 aliphatic rings. The molecule has 2 rings (SSSR count). The van der Waals surface area contributed by atoms with Crippen LogP contribution >= 0.6 is 0 Å². The van der Waals surface area contributed by atoms with Crippen LogP contribution in [-0.2, 0) is 16.1 Å². The van der Waals surface area contributed by atoms with Gasteiger partial charge in [-0.15, -0.1) is 0 Å². The lowest BCUT2D eigenvalue weighted by molar-refractivity contribution is -0.144. The number of H-pyrrole nitrogens is 1. The Labute approximate surface area is 94.0 Å². The van der Waals surface area contributed by atoms with Gasteiger partial charge in [-0.1, -0.05) is 0 Å². The highest BCUT2D eigenvalue weighted by molar-refractivity contribution is 5.81. The molecular weight excluding hydrogens is 208 g/mol. The van der Waals surface area contributed by atoms with Gasteiger partial charge < -0.3 is 15.0 Å². The standard InChI is InChI=1S/C10H16N4O2/c1-14(7-8-4-12-13-5-8)10(15)9-6-11-2-3-16-9/h4-5,9,11H,2-3,6-7H2,1H3,(H,12,13). The topological polar surface area (TPSA) is 70.2 Å². The molecule has 1 aromatic rings. The van der Waals surface area contributed by atoms with Crippen LogP contribution in [0.5, 0.6) is 0 Å². The smallest absolute Gasteiger partial charge is 0.253 e. The quantitative estimate of drug-likeness (QED) is 0.716. The summed E-state index contributed by atoms with van der Waals surface area (Å²) in [5.41, 5.74) is 0.986. The third-order valence-electron chi connectivity index (χ3n) is 2.55. The molecule has 1 atom stereocenters. The van der Waals surface area contributed by atoms with Crippen LogP contribution < -0.4 is 5.32 Å². The summed E-state index contributed by atoms with van der Waals surface area (Å²) in [5, 5.41) is 9.70. The molecule has 1 fully saturated rings. The molecule has 1 aromatic heterocycles. The second-order valence-electron chi connectivity index (χ2n) is 3.86. The molecule has 1 unspecified atom stereocenters. The van der Waals surface area contributed by atoms with Gasteiger partial charge in [0, 0.05) is 38.4 Å². The number of carbonyl (C=O) groups excluding carboxylic acids is 1. The summed E-state index contributed by atoms with van der Waals surface area (Å²) in [4.78, 5) is 13.6. The first-order chi connectivity index (χ1) is 7.77. The first-order valence-corrected chi connectivity index (χ1v) is 5.32. The molecule has 0 spiro atoms. The maximum atomic E-state index is 12.0. The molecule has 6 nitrogen and oxygen atoms in total. The summed E-state index contributed by atoms with van der Waals surface area (Å²) in [6.45, 7) is 2.55. The largest absolute Gasteiger partial charge is 0.366 e. The van der Waals surface area contributed by atoms with E-state index < -0.39 is 0 Å². The number of carbonyl (C=O) groups is 1. The molecule has 0 saturated carbocycles. The average Bonchev–Trinajstić information content (AvgIpc) is 2.82. The predicted molar refractivity (Wildman–Crippen MR) is 57.7 cm³/mol. The van der Waals surface area contributed by atoms with Crippen molar-refractivity contribution in [1.29, 1.82) is 0 Å². The Balaban J connectivity index is 1.88. The fourth-order valence-corrected chi connectivity index (χ4v) is 1.69. The van der Waals surface area contributed by atoms with Crippen molar-refractivity contribution < 1.29 is 9.53 Å². The van der Waals surface area contributed by atoms with Crippen molar-refractivity contribution in [3.63, 3.8) is 0 Å². The summed E-state index contributed by atoms with van der Waals surface area (Å²) in [6.07, 6.45) is 3.14. The summed E-state index contributed by atoms with van der Waals surface area (Å²) in [6, 6.07) is 0. The van der Waals surface area contributed by atoms with Crippen molar-refractivity contribution in [3.05, 3.63) is 18.0 Å². The minimum absolute atomic E-state index is 0.00778. The molecule has 2 heterocycles. The number of ether oxygens (including phenoxy) is 1. The van der Waals surface area contributed by atoms with Crippen LogP contribution in [0.25, 0.3) is 0 Å². The van der Waals surface area contributed by atoms with E-state index in [-0.39, 0.29) is 12.0 Å². The Kier molecular flexibility index (Phi) is 3.53.